The van der Waals surface area contributed by atoms with Gasteiger partial charge < -0.3 is 4.57 Å². The number of nitro benzene ring substituents is 1. The Hall–Kier alpha value is -3.28. The molecule has 0 atom stereocenters. The number of benzene rings is 2. The summed E-state index contributed by atoms with van der Waals surface area (Å²) in [7, 11) is 0. The summed E-state index contributed by atoms with van der Waals surface area (Å²) >= 11 is 0. The van der Waals surface area contributed by atoms with Gasteiger partial charge in [-0.05, 0) is 36.3 Å². The highest BCUT2D eigenvalue weighted by Gasteiger charge is 2.21. The van der Waals surface area contributed by atoms with Crippen LogP contribution in [0.5, 0.6) is 0 Å². The zero-order valence-corrected chi connectivity index (χ0v) is 12.7. The van der Waals surface area contributed by atoms with Crippen molar-refractivity contribution in [2.45, 2.75) is 13.0 Å². The molecule has 1 aliphatic rings. The van der Waals surface area contributed by atoms with Crippen LogP contribution < -0.4 is 5.56 Å². The Labute approximate surface area is 136 Å². The standard InChI is InChI=1S/C18H13N3O3/c22-18-14-6-2-4-8-16(14)20-10-9-13(17(20)19-18)11-12-5-1-3-7-15(12)21(23)24/h1-8,11H,9-10H2. The number of aromatic nitrogens is 2. The molecule has 118 valence electrons. The molecule has 1 aromatic heterocycles. The minimum atomic E-state index is -0.401. The van der Waals surface area contributed by atoms with Crippen molar-refractivity contribution >= 4 is 28.2 Å². The molecule has 4 rings (SSSR count). The molecule has 2 aromatic carbocycles. The number of nitro groups is 1. The highest BCUT2D eigenvalue weighted by Crippen LogP contribution is 2.31. The number of hydrogen-bond acceptors (Lipinski definition) is 4. The van der Waals surface area contributed by atoms with E-state index in [-0.39, 0.29) is 11.2 Å². The van der Waals surface area contributed by atoms with Gasteiger partial charge in [0.25, 0.3) is 11.2 Å². The Bertz CT molecular complexity index is 1070. The molecule has 0 aliphatic carbocycles. The molecular weight excluding hydrogens is 306 g/mol. The van der Waals surface area contributed by atoms with Crippen LogP contribution in [0, 0.1) is 10.1 Å². The first-order valence-electron chi connectivity index (χ1n) is 7.59. The molecule has 0 unspecified atom stereocenters. The first kappa shape index (κ1) is 14.3. The molecule has 1 aliphatic heterocycles. The lowest BCUT2D eigenvalue weighted by molar-refractivity contribution is -0.385. The van der Waals surface area contributed by atoms with Crippen LogP contribution in [0.25, 0.3) is 22.6 Å². The molecule has 0 spiro atoms. The van der Waals surface area contributed by atoms with Crippen LogP contribution in [-0.4, -0.2) is 14.5 Å². The molecule has 2 heterocycles. The first-order chi connectivity index (χ1) is 11.6. The van der Waals surface area contributed by atoms with Gasteiger partial charge in [-0.1, -0.05) is 24.3 Å². The minimum Gasteiger partial charge on any atom is -0.325 e. The Morgan fingerprint density at radius 2 is 1.88 bits per heavy atom. The van der Waals surface area contributed by atoms with Gasteiger partial charge in [-0.15, -0.1) is 0 Å². The van der Waals surface area contributed by atoms with E-state index in [4.69, 9.17) is 0 Å². The third-order valence-corrected chi connectivity index (χ3v) is 4.24. The average molecular weight is 319 g/mol. The lowest BCUT2D eigenvalue weighted by Crippen LogP contribution is -2.14. The van der Waals surface area contributed by atoms with Crippen LogP contribution in [0.4, 0.5) is 5.69 Å². The van der Waals surface area contributed by atoms with Crippen LogP contribution in [0.3, 0.4) is 0 Å². The van der Waals surface area contributed by atoms with Crippen molar-refractivity contribution in [2.24, 2.45) is 0 Å². The lowest BCUT2D eigenvalue weighted by Gasteiger charge is -2.07. The van der Waals surface area contributed by atoms with Crippen LogP contribution >= 0.6 is 0 Å². The molecule has 0 bridgehead atoms. The Morgan fingerprint density at radius 3 is 2.71 bits per heavy atom. The van der Waals surface area contributed by atoms with E-state index in [1.54, 1.807) is 30.3 Å². The Morgan fingerprint density at radius 1 is 1.12 bits per heavy atom. The SMILES string of the molecule is O=c1nc2n(c3ccccc13)CCC2=Cc1ccccc1[N+](=O)[O-]. The third kappa shape index (κ3) is 2.20. The van der Waals surface area contributed by atoms with E-state index in [0.29, 0.717) is 29.7 Å². The summed E-state index contributed by atoms with van der Waals surface area (Å²) in [5.41, 5.74) is 1.98. The average Bonchev–Trinajstić information content (AvgIpc) is 2.98. The molecule has 6 heteroatoms. The number of para-hydroxylation sites is 2. The van der Waals surface area contributed by atoms with Crippen molar-refractivity contribution in [3.05, 3.63) is 80.4 Å². The van der Waals surface area contributed by atoms with Crippen molar-refractivity contribution in [3.8, 4) is 0 Å². The van der Waals surface area contributed by atoms with Gasteiger partial charge >= 0.3 is 0 Å². The summed E-state index contributed by atoms with van der Waals surface area (Å²) in [6.45, 7) is 0.704. The fourth-order valence-electron chi connectivity index (χ4n) is 3.14. The molecule has 6 nitrogen and oxygen atoms in total. The van der Waals surface area contributed by atoms with Crippen LogP contribution in [0.1, 0.15) is 17.8 Å². The predicted molar refractivity (Wildman–Crippen MR) is 91.6 cm³/mol. The zero-order valence-electron chi connectivity index (χ0n) is 12.7. The Balaban J connectivity index is 1.92. The number of aryl methyl sites for hydroxylation is 1. The van der Waals surface area contributed by atoms with Gasteiger partial charge in [0.05, 0.1) is 21.4 Å². The van der Waals surface area contributed by atoms with Gasteiger partial charge in [0, 0.05) is 12.6 Å². The first-order valence-corrected chi connectivity index (χ1v) is 7.59. The smallest absolute Gasteiger partial charge is 0.281 e. The monoisotopic (exact) mass is 319 g/mol. The number of hydrogen-bond donors (Lipinski definition) is 0. The van der Waals surface area contributed by atoms with Crippen molar-refractivity contribution in [1.29, 1.82) is 0 Å². The summed E-state index contributed by atoms with van der Waals surface area (Å²) < 4.78 is 2.00. The summed E-state index contributed by atoms with van der Waals surface area (Å²) in [5, 5.41) is 11.8. The highest BCUT2D eigenvalue weighted by molar-refractivity contribution is 5.86. The van der Waals surface area contributed by atoms with Gasteiger partial charge in [0.2, 0.25) is 0 Å². The number of nitrogens with zero attached hydrogens (tertiary/aromatic N) is 3. The van der Waals surface area contributed by atoms with Gasteiger partial charge in [-0.3, -0.25) is 14.9 Å². The van der Waals surface area contributed by atoms with E-state index in [1.807, 2.05) is 22.8 Å². The van der Waals surface area contributed by atoms with Gasteiger partial charge in [-0.2, -0.15) is 4.98 Å². The molecule has 0 fully saturated rings. The molecule has 0 N–H and O–H groups in total. The van der Waals surface area contributed by atoms with Crippen molar-refractivity contribution in [3.63, 3.8) is 0 Å². The van der Waals surface area contributed by atoms with E-state index >= 15 is 0 Å². The third-order valence-electron chi connectivity index (χ3n) is 4.24. The second-order valence-electron chi connectivity index (χ2n) is 5.64. The fraction of sp³-hybridized carbons (Fsp3) is 0.111. The number of fused-ring (bicyclic) bond motifs is 3. The van der Waals surface area contributed by atoms with E-state index in [2.05, 4.69) is 4.98 Å². The van der Waals surface area contributed by atoms with E-state index in [0.717, 1.165) is 11.1 Å². The van der Waals surface area contributed by atoms with E-state index in [9.17, 15) is 14.9 Å². The maximum atomic E-state index is 12.3. The molecule has 0 saturated heterocycles. The molecule has 0 saturated carbocycles. The minimum absolute atomic E-state index is 0.0478. The molecular formula is C18H13N3O3. The second kappa shape index (κ2) is 5.42. The number of allylic oxidation sites excluding steroid dienone is 1. The lowest BCUT2D eigenvalue weighted by atomic mass is 10.1. The van der Waals surface area contributed by atoms with Crippen LogP contribution in [0.15, 0.2) is 53.3 Å². The van der Waals surface area contributed by atoms with Gasteiger partial charge in [0.15, 0.2) is 0 Å². The maximum absolute atomic E-state index is 12.3. The molecule has 3 aromatic rings. The quantitative estimate of drug-likeness (QED) is 0.536. The molecule has 0 radical (unpaired) electrons. The summed E-state index contributed by atoms with van der Waals surface area (Å²) in [6.07, 6.45) is 2.45. The molecule has 24 heavy (non-hydrogen) atoms. The molecule has 0 amide bonds. The van der Waals surface area contributed by atoms with Crippen molar-refractivity contribution in [1.82, 2.24) is 9.55 Å². The van der Waals surface area contributed by atoms with Crippen molar-refractivity contribution in [2.75, 3.05) is 0 Å². The van der Waals surface area contributed by atoms with E-state index < -0.39 is 4.92 Å². The number of rotatable bonds is 2. The summed E-state index contributed by atoms with van der Waals surface area (Å²) in [4.78, 5) is 27.2. The van der Waals surface area contributed by atoms with Crippen LogP contribution in [0.2, 0.25) is 0 Å². The topological polar surface area (TPSA) is 78.0 Å². The predicted octanol–water partition coefficient (Wildman–Crippen LogP) is 3.25. The second-order valence-corrected chi connectivity index (χ2v) is 5.64. The van der Waals surface area contributed by atoms with Gasteiger partial charge in [-0.25, -0.2) is 0 Å². The van der Waals surface area contributed by atoms with E-state index in [1.165, 1.54) is 6.07 Å². The van der Waals surface area contributed by atoms with Crippen LogP contribution in [-0.2, 0) is 6.54 Å². The maximum Gasteiger partial charge on any atom is 0.281 e. The highest BCUT2D eigenvalue weighted by atomic mass is 16.6. The Kier molecular flexibility index (Phi) is 3.23. The largest absolute Gasteiger partial charge is 0.325 e. The van der Waals surface area contributed by atoms with Crippen molar-refractivity contribution < 1.29 is 4.92 Å². The summed E-state index contributed by atoms with van der Waals surface area (Å²) in [6, 6.07) is 13.9. The van der Waals surface area contributed by atoms with Gasteiger partial charge in [0.1, 0.15) is 5.82 Å². The fourth-order valence-corrected chi connectivity index (χ4v) is 3.14. The zero-order chi connectivity index (χ0) is 16.7. The normalized spacial score (nSPS) is 14.9. The summed E-state index contributed by atoms with van der Waals surface area (Å²) in [5.74, 6) is 0.594.